The van der Waals surface area contributed by atoms with Crippen LogP contribution in [0.1, 0.15) is 70.5 Å². The third kappa shape index (κ3) is 14.7. The van der Waals surface area contributed by atoms with Crippen LogP contribution in [-0.4, -0.2) is 104 Å². The van der Waals surface area contributed by atoms with Gasteiger partial charge < -0.3 is 45.4 Å². The van der Waals surface area contributed by atoms with Crippen molar-refractivity contribution in [1.29, 1.82) is 0 Å². The number of phosphoric acid groups is 1. The van der Waals surface area contributed by atoms with Gasteiger partial charge in [0.15, 0.2) is 6.79 Å². The number of benzene rings is 2. The van der Waals surface area contributed by atoms with E-state index < -0.39 is 73.6 Å². The van der Waals surface area contributed by atoms with Gasteiger partial charge in [0.05, 0.1) is 24.4 Å². The van der Waals surface area contributed by atoms with Crippen molar-refractivity contribution in [2.45, 2.75) is 105 Å². The van der Waals surface area contributed by atoms with Crippen LogP contribution < -0.4 is 16.0 Å². The molecule has 1 aliphatic rings. The van der Waals surface area contributed by atoms with E-state index >= 15 is 0 Å². The molecule has 1 fully saturated rings. The van der Waals surface area contributed by atoms with E-state index in [4.69, 9.17) is 9.26 Å². The third-order valence-corrected chi connectivity index (χ3v) is 10.4. The van der Waals surface area contributed by atoms with Crippen molar-refractivity contribution in [1.82, 2.24) is 30.7 Å². The Labute approximate surface area is 346 Å². The lowest BCUT2D eigenvalue weighted by Gasteiger charge is -2.38. The fourth-order valence-corrected chi connectivity index (χ4v) is 7.47. The van der Waals surface area contributed by atoms with E-state index in [0.717, 1.165) is 22.5 Å². The van der Waals surface area contributed by atoms with Crippen molar-refractivity contribution in [3.63, 3.8) is 0 Å². The monoisotopic (exact) mass is 838 g/mol. The van der Waals surface area contributed by atoms with Crippen LogP contribution in [0.25, 0.3) is 0 Å². The minimum absolute atomic E-state index is 0.00849. The molecule has 0 aliphatic carbocycles. The lowest BCUT2D eigenvalue weighted by molar-refractivity contribution is -0.131. The smallest absolute Gasteiger partial charge is 0.465 e. The number of ether oxygens (including phenoxy) is 1. The van der Waals surface area contributed by atoms with Gasteiger partial charge in [-0.3, -0.25) is 19.1 Å². The minimum atomic E-state index is -4.99. The predicted octanol–water partition coefficient (Wildman–Crippen LogP) is 5.02. The number of pyridine rings is 1. The molecule has 1 saturated heterocycles. The molecule has 6 N–H and O–H groups in total. The molecule has 16 nitrogen and oxygen atoms in total. The Kier molecular flexibility index (Phi) is 16.2. The highest BCUT2D eigenvalue weighted by atomic mass is 31.2. The molecule has 0 bridgehead atoms. The molecule has 2 heterocycles. The van der Waals surface area contributed by atoms with E-state index in [2.05, 4.69) is 20.9 Å². The molecule has 5 atom stereocenters. The molecular formula is C42H59N6O10P. The number of nitrogens with one attached hydrogen (secondary N) is 3. The summed E-state index contributed by atoms with van der Waals surface area (Å²) in [6, 6.07) is 20.0. The van der Waals surface area contributed by atoms with Gasteiger partial charge in [-0.2, -0.15) is 0 Å². The predicted molar refractivity (Wildman–Crippen MR) is 221 cm³/mol. The molecule has 0 radical (unpaired) electrons. The van der Waals surface area contributed by atoms with E-state index in [1.165, 1.54) is 0 Å². The lowest BCUT2D eigenvalue weighted by atomic mass is 9.84. The molecule has 0 saturated carbocycles. The maximum Gasteiger partial charge on any atom is 0.471 e. The van der Waals surface area contributed by atoms with Crippen molar-refractivity contribution < 1.29 is 47.9 Å². The Morgan fingerprint density at radius 1 is 0.814 bits per heavy atom. The van der Waals surface area contributed by atoms with Gasteiger partial charge in [0.25, 0.3) is 0 Å². The van der Waals surface area contributed by atoms with Gasteiger partial charge in [0.2, 0.25) is 11.8 Å². The zero-order valence-corrected chi connectivity index (χ0v) is 35.7. The summed E-state index contributed by atoms with van der Waals surface area (Å²) in [6.45, 7) is 12.8. The summed E-state index contributed by atoms with van der Waals surface area (Å²) >= 11 is 0. The van der Waals surface area contributed by atoms with Crippen molar-refractivity contribution >= 4 is 31.8 Å². The lowest BCUT2D eigenvalue weighted by Crippen LogP contribution is -2.59. The number of aryl methyl sites for hydroxylation is 1. The average Bonchev–Trinajstić information content (AvgIpc) is 3.47. The molecule has 3 aromatic rings. The van der Waals surface area contributed by atoms with Crippen LogP contribution >= 0.6 is 7.82 Å². The van der Waals surface area contributed by atoms with Gasteiger partial charge >= 0.3 is 19.9 Å². The molecule has 0 unspecified atom stereocenters. The fraction of sp³-hybridized carbons (Fsp3) is 0.500. The first-order valence-electron chi connectivity index (χ1n) is 19.6. The third-order valence-electron chi connectivity index (χ3n) is 9.97. The zero-order chi connectivity index (χ0) is 43.5. The number of carbonyl (C=O) groups is 4. The summed E-state index contributed by atoms with van der Waals surface area (Å²) in [6.07, 6.45) is -2.04. The largest absolute Gasteiger partial charge is 0.471 e. The van der Waals surface area contributed by atoms with E-state index in [1.807, 2.05) is 107 Å². The van der Waals surface area contributed by atoms with Crippen LogP contribution in [0.4, 0.5) is 9.59 Å². The van der Waals surface area contributed by atoms with Crippen molar-refractivity contribution in [2.75, 3.05) is 19.9 Å². The normalized spacial score (nSPS) is 16.2. The highest BCUT2D eigenvalue weighted by Crippen LogP contribution is 2.36. The molecule has 17 heteroatoms. The number of carbonyl (C=O) groups excluding carboxylic acids is 3. The van der Waals surface area contributed by atoms with Crippen LogP contribution in [0.2, 0.25) is 0 Å². The zero-order valence-electron chi connectivity index (χ0n) is 34.8. The Morgan fingerprint density at radius 2 is 1.42 bits per heavy atom. The maximum absolute atomic E-state index is 14.7. The first-order chi connectivity index (χ1) is 27.6. The van der Waals surface area contributed by atoms with Crippen molar-refractivity contribution in [3.05, 3.63) is 101 Å². The van der Waals surface area contributed by atoms with E-state index in [0.29, 0.717) is 13.1 Å². The van der Waals surface area contributed by atoms with Gasteiger partial charge in [-0.25, -0.2) is 14.2 Å². The number of hydrogen-bond donors (Lipinski definition) is 6. The summed E-state index contributed by atoms with van der Waals surface area (Å²) < 4.78 is 22.6. The number of aromatic nitrogens is 1. The summed E-state index contributed by atoms with van der Waals surface area (Å²) in [5.41, 5.74) is 1.62. The highest BCUT2D eigenvalue weighted by Gasteiger charge is 2.44. The Morgan fingerprint density at radius 3 is 1.97 bits per heavy atom. The second kappa shape index (κ2) is 20.4. The topological polar surface area (TPSA) is 220 Å². The fourth-order valence-electron chi connectivity index (χ4n) is 7.27. The maximum atomic E-state index is 14.7. The molecule has 1 aromatic heterocycles. The molecule has 4 rings (SSSR count). The molecule has 1 aliphatic heterocycles. The molecule has 0 spiro atoms. The number of nitrogens with zero attached hydrogens (tertiary/aromatic N) is 3. The summed E-state index contributed by atoms with van der Waals surface area (Å²) in [7, 11) is -4.99. The number of urea groups is 1. The number of rotatable bonds is 19. The van der Waals surface area contributed by atoms with Gasteiger partial charge in [-0.05, 0) is 60.3 Å². The molecule has 5 amide bonds. The number of carboxylic acid groups (broad SMARTS) is 1. The molecule has 2 aromatic carbocycles. The first kappa shape index (κ1) is 46.8. The standard InChI is InChI=1S/C42H59N6O10P/c1-28-15-14-20-31(43-28)26-47-21-22-48(40(47)53)36(42(5,6)7)38(50)44-32(23-29-16-10-8-11-17-29)25-34(57-27-58-59(54,55)56)33(24-30-18-12-9-13-19-30)45-37(49)35(41(2,3)4)46-39(51)52/h8-20,32-36,46H,21-27H2,1-7H3,(H,44,50)(H,45,49)(H,51,52)(H2,54,55,56)/t32-,33-,34-,35+,36+/m0/s1. The van der Waals surface area contributed by atoms with Gasteiger partial charge in [-0.15, -0.1) is 0 Å². The van der Waals surface area contributed by atoms with Crippen LogP contribution in [0.15, 0.2) is 78.9 Å². The second-order valence-corrected chi connectivity index (χ2v) is 18.3. The van der Waals surface area contributed by atoms with Crippen LogP contribution in [0, 0.1) is 17.8 Å². The van der Waals surface area contributed by atoms with Crippen molar-refractivity contribution in [2.24, 2.45) is 10.8 Å². The molecule has 322 valence electrons. The summed E-state index contributed by atoms with van der Waals surface area (Å²) in [4.78, 5) is 81.3. The Hall–Kier alpha value is -4.86. The first-order valence-corrected chi connectivity index (χ1v) is 21.1. The number of amides is 5. The van der Waals surface area contributed by atoms with E-state index in [-0.39, 0.29) is 31.8 Å². The number of hydrogen-bond acceptors (Lipinski definition) is 8. The van der Waals surface area contributed by atoms with E-state index in [9.17, 15) is 38.6 Å². The second-order valence-electron chi connectivity index (χ2n) is 17.1. The molecular weight excluding hydrogens is 779 g/mol. The van der Waals surface area contributed by atoms with Crippen LogP contribution in [-0.2, 0) is 42.8 Å². The summed E-state index contributed by atoms with van der Waals surface area (Å²) in [5, 5.41) is 18.1. The van der Waals surface area contributed by atoms with E-state index in [1.54, 1.807) is 30.6 Å². The SMILES string of the molecule is Cc1cccc(CN2CCN([C@H](C(=O)N[C@@H](Cc3ccccc3)C[C@H](OCOP(=O)(O)O)[C@H](Cc3ccccc3)NC(=O)[C@@H](NC(=O)O)C(C)(C)C)C(C)(C)C)C2=O)n1. The average molecular weight is 839 g/mol. The van der Waals surface area contributed by atoms with Gasteiger partial charge in [-0.1, -0.05) is 108 Å². The van der Waals surface area contributed by atoms with Crippen molar-refractivity contribution in [3.8, 4) is 0 Å². The molecule has 59 heavy (non-hydrogen) atoms. The number of phosphoric ester groups is 1. The highest BCUT2D eigenvalue weighted by molar-refractivity contribution is 7.46. The van der Waals surface area contributed by atoms with Crippen LogP contribution in [0.3, 0.4) is 0 Å². The van der Waals surface area contributed by atoms with Gasteiger partial charge in [0.1, 0.15) is 12.1 Å². The Balaban J connectivity index is 1.71. The minimum Gasteiger partial charge on any atom is -0.465 e. The van der Waals surface area contributed by atoms with Crippen LogP contribution in [0.5, 0.6) is 0 Å². The quantitative estimate of drug-likeness (QED) is 0.0695. The summed E-state index contributed by atoms with van der Waals surface area (Å²) in [5.74, 6) is -1.07. The van der Waals surface area contributed by atoms with Gasteiger partial charge in [0, 0.05) is 24.8 Å². The Bertz CT molecular complexity index is 1920.